The summed E-state index contributed by atoms with van der Waals surface area (Å²) in [6.45, 7) is -0.238. The minimum Gasteiger partial charge on any atom is -0.336 e. The van der Waals surface area contributed by atoms with Crippen molar-refractivity contribution in [2.24, 2.45) is 7.05 Å². The molecule has 0 unspecified atom stereocenters. The molecule has 0 aromatic carbocycles. The average molecular weight is 255 g/mol. The van der Waals surface area contributed by atoms with Gasteiger partial charge in [-0.2, -0.15) is 10.1 Å². The van der Waals surface area contributed by atoms with Crippen LogP contribution < -0.4 is 10.5 Å². The lowest BCUT2D eigenvalue weighted by molar-refractivity contribution is 0.0256. The van der Waals surface area contributed by atoms with Crippen molar-refractivity contribution in [3.63, 3.8) is 0 Å². The zero-order valence-electron chi connectivity index (χ0n) is 9.65. The Balaban J connectivity index is 2.08. The molecule has 0 saturated carbocycles. The maximum atomic E-state index is 13.1. The van der Waals surface area contributed by atoms with Gasteiger partial charge >= 0.3 is 0 Å². The Morgan fingerprint density at radius 2 is 2.28 bits per heavy atom. The Labute approximate surface area is 100 Å². The number of hydrogen-bond acceptors (Lipinski definition) is 4. The first-order valence-electron chi connectivity index (χ1n) is 5.51. The topological polar surface area (TPSA) is 66.8 Å². The molecule has 1 aliphatic rings. The van der Waals surface area contributed by atoms with E-state index in [0.29, 0.717) is 11.0 Å². The highest BCUT2D eigenvalue weighted by Gasteiger charge is 2.39. The Kier molecular flexibility index (Phi) is 2.16. The average Bonchev–Trinajstić information content (AvgIpc) is 2.83. The van der Waals surface area contributed by atoms with Gasteiger partial charge in [0.25, 0.3) is 11.5 Å². The number of rotatable bonds is 1. The predicted molar refractivity (Wildman–Crippen MR) is 60.9 cm³/mol. The summed E-state index contributed by atoms with van der Waals surface area (Å²) >= 11 is 0. The summed E-state index contributed by atoms with van der Waals surface area (Å²) in [7, 11) is 1.65. The number of aryl methyl sites for hydroxylation is 1. The van der Waals surface area contributed by atoms with Gasteiger partial charge in [0, 0.05) is 20.0 Å². The van der Waals surface area contributed by atoms with Crippen LogP contribution in [0.4, 0.5) is 14.7 Å². The lowest BCUT2D eigenvalue weighted by atomic mass is 10.3. The van der Waals surface area contributed by atoms with Gasteiger partial charge in [-0.05, 0) is 0 Å². The first-order chi connectivity index (χ1) is 8.46. The molecule has 6 nitrogen and oxygen atoms in total. The molecule has 8 heteroatoms. The molecule has 3 rings (SSSR count). The van der Waals surface area contributed by atoms with E-state index in [2.05, 4.69) is 15.1 Å². The third-order valence-corrected chi connectivity index (χ3v) is 3.06. The van der Waals surface area contributed by atoms with Gasteiger partial charge in [0.05, 0.1) is 12.7 Å². The zero-order valence-corrected chi connectivity index (χ0v) is 9.65. The molecule has 0 bridgehead atoms. The molecule has 3 heterocycles. The number of aromatic amines is 1. The van der Waals surface area contributed by atoms with E-state index in [1.54, 1.807) is 7.05 Å². The monoisotopic (exact) mass is 255 g/mol. The Morgan fingerprint density at radius 3 is 2.94 bits per heavy atom. The van der Waals surface area contributed by atoms with E-state index in [1.807, 2.05) is 0 Å². The van der Waals surface area contributed by atoms with Crippen LogP contribution in [0.5, 0.6) is 0 Å². The molecule has 18 heavy (non-hydrogen) atoms. The number of halogens is 2. The summed E-state index contributed by atoms with van der Waals surface area (Å²) < 4.78 is 27.7. The first-order valence-corrected chi connectivity index (χ1v) is 5.51. The van der Waals surface area contributed by atoms with Crippen LogP contribution in [-0.4, -0.2) is 38.8 Å². The van der Waals surface area contributed by atoms with Crippen LogP contribution in [0.15, 0.2) is 11.0 Å². The van der Waals surface area contributed by atoms with Crippen molar-refractivity contribution in [3.8, 4) is 0 Å². The molecular weight excluding hydrogens is 244 g/mol. The van der Waals surface area contributed by atoms with Gasteiger partial charge in [-0.25, -0.2) is 8.78 Å². The normalized spacial score (nSPS) is 18.7. The lowest BCUT2D eigenvalue weighted by Crippen LogP contribution is -2.28. The summed E-state index contributed by atoms with van der Waals surface area (Å²) in [5.41, 5.74) is 0.0299. The smallest absolute Gasteiger partial charge is 0.267 e. The van der Waals surface area contributed by atoms with E-state index in [4.69, 9.17) is 0 Å². The summed E-state index contributed by atoms with van der Waals surface area (Å²) in [5.74, 6) is -2.55. The van der Waals surface area contributed by atoms with Gasteiger partial charge < -0.3 is 4.90 Å². The second-order valence-electron chi connectivity index (χ2n) is 4.42. The van der Waals surface area contributed by atoms with Crippen molar-refractivity contribution in [2.75, 3.05) is 18.0 Å². The molecule has 1 N–H and O–H groups in total. The van der Waals surface area contributed by atoms with Crippen LogP contribution in [0, 0.1) is 0 Å². The highest BCUT2D eigenvalue weighted by molar-refractivity contribution is 5.74. The van der Waals surface area contributed by atoms with Gasteiger partial charge in [0.1, 0.15) is 5.39 Å². The van der Waals surface area contributed by atoms with Crippen molar-refractivity contribution in [2.45, 2.75) is 12.3 Å². The van der Waals surface area contributed by atoms with Crippen LogP contribution in [0.1, 0.15) is 6.42 Å². The molecule has 2 aromatic rings. The Hall–Kier alpha value is -1.99. The fourth-order valence-electron chi connectivity index (χ4n) is 2.09. The molecule has 1 saturated heterocycles. The van der Waals surface area contributed by atoms with Crippen molar-refractivity contribution < 1.29 is 8.78 Å². The summed E-state index contributed by atoms with van der Waals surface area (Å²) in [5, 5.41) is 4.27. The van der Waals surface area contributed by atoms with Crippen molar-refractivity contribution in [1.29, 1.82) is 0 Å². The number of anilines is 1. The largest absolute Gasteiger partial charge is 0.336 e. The number of aromatic nitrogens is 4. The van der Waals surface area contributed by atoms with E-state index >= 15 is 0 Å². The lowest BCUT2D eigenvalue weighted by Gasteiger charge is -2.16. The SMILES string of the molecule is Cn1ncc2c(=O)[nH]c(N3CCC(F)(F)C3)nc21. The van der Waals surface area contributed by atoms with Crippen LogP contribution >= 0.6 is 0 Å². The second kappa shape index (κ2) is 3.50. The van der Waals surface area contributed by atoms with E-state index in [-0.39, 0.29) is 24.5 Å². The number of hydrogen-bond donors (Lipinski definition) is 1. The minimum atomic E-state index is -2.72. The molecule has 0 aliphatic carbocycles. The van der Waals surface area contributed by atoms with Gasteiger partial charge in [-0.15, -0.1) is 0 Å². The van der Waals surface area contributed by atoms with Crippen LogP contribution in [-0.2, 0) is 7.05 Å². The fourth-order valence-corrected chi connectivity index (χ4v) is 2.09. The maximum Gasteiger partial charge on any atom is 0.267 e. The van der Waals surface area contributed by atoms with Crippen LogP contribution in [0.2, 0.25) is 0 Å². The second-order valence-corrected chi connectivity index (χ2v) is 4.42. The maximum absolute atomic E-state index is 13.1. The molecule has 0 amide bonds. The van der Waals surface area contributed by atoms with Crippen molar-refractivity contribution in [1.82, 2.24) is 19.7 Å². The number of alkyl halides is 2. The van der Waals surface area contributed by atoms with Gasteiger partial charge in [0.2, 0.25) is 5.95 Å². The van der Waals surface area contributed by atoms with E-state index < -0.39 is 12.5 Å². The standard InChI is InChI=1S/C10H11F2N5O/c1-16-7-6(4-13-16)8(18)15-9(14-7)17-3-2-10(11,12)5-17/h4H,2-3,5H2,1H3,(H,14,15,18). The third kappa shape index (κ3) is 1.64. The minimum absolute atomic E-state index is 0.174. The van der Waals surface area contributed by atoms with Crippen LogP contribution in [0.25, 0.3) is 11.0 Å². The van der Waals surface area contributed by atoms with E-state index in [9.17, 15) is 13.6 Å². The molecular formula is C10H11F2N5O. The molecule has 0 atom stereocenters. The van der Waals surface area contributed by atoms with Crippen molar-refractivity contribution in [3.05, 3.63) is 16.6 Å². The third-order valence-electron chi connectivity index (χ3n) is 3.06. The molecule has 0 spiro atoms. The molecule has 96 valence electrons. The first kappa shape index (κ1) is 11.1. The number of fused-ring (bicyclic) bond motifs is 1. The quantitative estimate of drug-likeness (QED) is 0.806. The van der Waals surface area contributed by atoms with Crippen molar-refractivity contribution >= 4 is 17.0 Å². The predicted octanol–water partition coefficient (Wildman–Crippen LogP) is 0.502. The fraction of sp³-hybridized carbons (Fsp3) is 0.500. The summed E-state index contributed by atoms with van der Waals surface area (Å²) in [6.07, 6.45) is 1.18. The molecule has 1 aliphatic heterocycles. The molecule has 2 aromatic heterocycles. The van der Waals surface area contributed by atoms with Crippen LogP contribution in [0.3, 0.4) is 0 Å². The molecule has 0 radical (unpaired) electrons. The number of H-pyrrole nitrogens is 1. The van der Waals surface area contributed by atoms with Gasteiger partial charge in [0.15, 0.2) is 5.65 Å². The highest BCUT2D eigenvalue weighted by Crippen LogP contribution is 2.28. The van der Waals surface area contributed by atoms with Gasteiger partial charge in [-0.3, -0.25) is 14.5 Å². The Bertz CT molecular complexity index is 662. The summed E-state index contributed by atoms with van der Waals surface area (Å²) in [6, 6.07) is 0. The number of nitrogens with zero attached hydrogens (tertiary/aromatic N) is 4. The summed E-state index contributed by atoms with van der Waals surface area (Å²) in [4.78, 5) is 19.8. The zero-order chi connectivity index (χ0) is 12.9. The van der Waals surface area contributed by atoms with E-state index in [0.717, 1.165) is 0 Å². The highest BCUT2D eigenvalue weighted by atomic mass is 19.3. The van der Waals surface area contributed by atoms with Gasteiger partial charge in [-0.1, -0.05) is 0 Å². The molecule has 1 fully saturated rings. The Morgan fingerprint density at radius 1 is 1.50 bits per heavy atom. The number of nitrogens with one attached hydrogen (secondary N) is 1. The van der Waals surface area contributed by atoms with E-state index in [1.165, 1.54) is 15.8 Å².